The summed E-state index contributed by atoms with van der Waals surface area (Å²) in [6.45, 7) is 5.76. The van der Waals surface area contributed by atoms with Gasteiger partial charge in [-0.1, -0.05) is 26.1 Å². The first-order valence-corrected chi connectivity index (χ1v) is 3.76. The fourth-order valence-corrected chi connectivity index (χ4v) is 0.638. The predicted molar refractivity (Wildman–Crippen MR) is 44.3 cm³/mol. The van der Waals surface area contributed by atoms with Gasteiger partial charge in [-0.15, -0.1) is 0 Å². The molecule has 10 heavy (non-hydrogen) atoms. The topological polar surface area (TPSA) is 17.1 Å². The number of Topliss-reactive ketones (excluding diaryl/α,β-unsaturated/α-hetero) is 1. The Bertz CT molecular complexity index is 113. The molecule has 0 atom stereocenters. The lowest BCUT2D eigenvalue weighted by Gasteiger charge is -2.16. The third-order valence-electron chi connectivity index (χ3n) is 1.44. The van der Waals surface area contributed by atoms with Crippen LogP contribution < -0.4 is 0 Å². The number of hydrogen-bond donors (Lipinski definition) is 0. The van der Waals surface area contributed by atoms with E-state index >= 15 is 0 Å². The minimum absolute atomic E-state index is 0.190. The average Bonchev–Trinajstić information content (AvgIpc) is 1.81. The lowest BCUT2D eigenvalue weighted by Crippen LogP contribution is -2.05. The molecule has 0 aliphatic heterocycles. The maximum Gasteiger partial charge on any atom is 0.132 e. The fraction of sp³-hybridized carbons (Fsp3) is 0.875. The van der Waals surface area contributed by atoms with Crippen LogP contribution in [-0.2, 0) is 4.79 Å². The summed E-state index contributed by atoms with van der Waals surface area (Å²) in [7, 11) is 5.69. The first-order chi connectivity index (χ1) is 4.45. The van der Waals surface area contributed by atoms with Gasteiger partial charge in [0.15, 0.2) is 0 Å². The number of carbonyl (C=O) groups excluding carboxylic acids is 1. The summed E-state index contributed by atoms with van der Waals surface area (Å²) in [6.07, 6.45) is 2.05. The largest absolute Gasteiger partial charge is 0.300 e. The van der Waals surface area contributed by atoms with Crippen LogP contribution in [-0.4, -0.2) is 13.6 Å². The molecule has 0 amide bonds. The van der Waals surface area contributed by atoms with Crippen LogP contribution in [0.2, 0.25) is 5.31 Å². The fourth-order valence-electron chi connectivity index (χ4n) is 0.638. The van der Waals surface area contributed by atoms with E-state index in [4.69, 9.17) is 7.85 Å². The second kappa shape index (κ2) is 3.79. The van der Waals surface area contributed by atoms with E-state index in [1.54, 1.807) is 0 Å². The molecule has 56 valence electrons. The van der Waals surface area contributed by atoms with Crippen molar-refractivity contribution in [2.24, 2.45) is 0 Å². The SMILES string of the molecule is [B]C(C)(C)CCC(=O)CC. The molecule has 0 bridgehead atoms. The van der Waals surface area contributed by atoms with Gasteiger partial charge in [-0.05, 0) is 6.42 Å². The van der Waals surface area contributed by atoms with Crippen molar-refractivity contribution in [1.29, 1.82) is 0 Å². The molecule has 0 aliphatic carbocycles. The van der Waals surface area contributed by atoms with E-state index in [0.717, 1.165) is 6.42 Å². The second-order valence-electron chi connectivity index (χ2n) is 3.38. The van der Waals surface area contributed by atoms with E-state index in [0.29, 0.717) is 18.6 Å². The summed E-state index contributed by atoms with van der Waals surface area (Å²) < 4.78 is 0. The summed E-state index contributed by atoms with van der Waals surface area (Å²) >= 11 is 0. The van der Waals surface area contributed by atoms with Gasteiger partial charge in [0.05, 0.1) is 7.85 Å². The molecule has 2 heteroatoms. The Hall–Kier alpha value is -0.265. The van der Waals surface area contributed by atoms with Gasteiger partial charge in [-0.3, -0.25) is 4.79 Å². The normalized spacial score (nSPS) is 11.5. The molecular formula is C8H15BO. The lowest BCUT2D eigenvalue weighted by molar-refractivity contribution is -0.118. The van der Waals surface area contributed by atoms with E-state index in [1.807, 2.05) is 20.8 Å². The second-order valence-corrected chi connectivity index (χ2v) is 3.38. The van der Waals surface area contributed by atoms with Gasteiger partial charge in [-0.2, -0.15) is 0 Å². The van der Waals surface area contributed by atoms with Crippen molar-refractivity contribution < 1.29 is 4.79 Å². The molecule has 0 unspecified atom stereocenters. The Morgan fingerprint density at radius 1 is 1.50 bits per heavy atom. The van der Waals surface area contributed by atoms with Crippen LogP contribution in [0.25, 0.3) is 0 Å². The van der Waals surface area contributed by atoms with E-state index in [-0.39, 0.29) is 5.31 Å². The highest BCUT2D eigenvalue weighted by molar-refractivity contribution is 6.14. The smallest absolute Gasteiger partial charge is 0.132 e. The molecule has 2 radical (unpaired) electrons. The monoisotopic (exact) mass is 138 g/mol. The zero-order valence-electron chi connectivity index (χ0n) is 7.11. The van der Waals surface area contributed by atoms with Crippen LogP contribution in [0.4, 0.5) is 0 Å². The Balaban J connectivity index is 3.46. The Morgan fingerprint density at radius 3 is 2.30 bits per heavy atom. The summed E-state index contributed by atoms with van der Waals surface area (Å²) in [6, 6.07) is 0. The number of hydrogen-bond acceptors (Lipinski definition) is 1. The summed E-state index contributed by atoms with van der Waals surface area (Å²) in [5.74, 6) is 0.304. The molecule has 0 saturated heterocycles. The molecule has 0 saturated carbocycles. The van der Waals surface area contributed by atoms with Gasteiger partial charge in [-0.25, -0.2) is 0 Å². The zero-order valence-corrected chi connectivity index (χ0v) is 7.11. The highest BCUT2D eigenvalue weighted by Gasteiger charge is 2.10. The van der Waals surface area contributed by atoms with Crippen LogP contribution in [0.15, 0.2) is 0 Å². The first-order valence-electron chi connectivity index (χ1n) is 3.76. The van der Waals surface area contributed by atoms with Crippen molar-refractivity contribution in [3.8, 4) is 0 Å². The van der Waals surface area contributed by atoms with Gasteiger partial charge < -0.3 is 0 Å². The van der Waals surface area contributed by atoms with Gasteiger partial charge in [0, 0.05) is 12.8 Å². The number of rotatable bonds is 4. The molecule has 0 spiro atoms. The van der Waals surface area contributed by atoms with Crippen LogP contribution in [0, 0.1) is 0 Å². The summed E-state index contributed by atoms with van der Waals surface area (Å²) in [4.78, 5) is 10.8. The van der Waals surface area contributed by atoms with Crippen LogP contribution in [0.5, 0.6) is 0 Å². The minimum atomic E-state index is -0.190. The average molecular weight is 138 g/mol. The van der Waals surface area contributed by atoms with Crippen molar-refractivity contribution >= 4 is 13.6 Å². The molecule has 0 N–H and O–H groups in total. The highest BCUT2D eigenvalue weighted by atomic mass is 16.1. The molecule has 1 nitrogen and oxygen atoms in total. The number of ketones is 1. The Kier molecular flexibility index (Phi) is 3.69. The van der Waals surface area contributed by atoms with E-state index in [9.17, 15) is 4.79 Å². The molecule has 0 aliphatic rings. The van der Waals surface area contributed by atoms with Crippen LogP contribution in [0.3, 0.4) is 0 Å². The van der Waals surface area contributed by atoms with Gasteiger partial charge >= 0.3 is 0 Å². The van der Waals surface area contributed by atoms with Gasteiger partial charge in [0.2, 0.25) is 0 Å². The molecule has 0 rings (SSSR count). The van der Waals surface area contributed by atoms with Crippen LogP contribution in [0.1, 0.15) is 40.0 Å². The quantitative estimate of drug-likeness (QED) is 0.543. The Labute approximate surface area is 64.6 Å². The molecule has 0 fully saturated rings. The standard InChI is InChI=1S/C8H15BO/c1-4-7(10)5-6-8(2,3)9/h4-6H2,1-3H3. The third-order valence-corrected chi connectivity index (χ3v) is 1.44. The third kappa shape index (κ3) is 5.86. The first kappa shape index (κ1) is 9.73. The van der Waals surface area contributed by atoms with Crippen LogP contribution >= 0.6 is 0 Å². The van der Waals surface area contributed by atoms with Crippen molar-refractivity contribution in [2.45, 2.75) is 45.3 Å². The molecular weight excluding hydrogens is 123 g/mol. The van der Waals surface area contributed by atoms with Crippen molar-refractivity contribution in [3.63, 3.8) is 0 Å². The number of carbonyl (C=O) groups is 1. The van der Waals surface area contributed by atoms with Crippen molar-refractivity contribution in [1.82, 2.24) is 0 Å². The lowest BCUT2D eigenvalue weighted by atomic mass is 9.69. The molecule has 0 heterocycles. The minimum Gasteiger partial charge on any atom is -0.300 e. The predicted octanol–water partition coefficient (Wildman–Crippen LogP) is 2.11. The van der Waals surface area contributed by atoms with E-state index < -0.39 is 0 Å². The maximum atomic E-state index is 10.8. The van der Waals surface area contributed by atoms with E-state index in [1.165, 1.54) is 0 Å². The van der Waals surface area contributed by atoms with Crippen molar-refractivity contribution in [3.05, 3.63) is 0 Å². The maximum absolute atomic E-state index is 10.8. The molecule has 0 aromatic rings. The Morgan fingerprint density at radius 2 is 2.00 bits per heavy atom. The van der Waals surface area contributed by atoms with E-state index in [2.05, 4.69) is 0 Å². The van der Waals surface area contributed by atoms with Crippen molar-refractivity contribution in [2.75, 3.05) is 0 Å². The summed E-state index contributed by atoms with van der Waals surface area (Å²) in [5, 5.41) is -0.190. The molecule has 0 aromatic heterocycles. The van der Waals surface area contributed by atoms with Gasteiger partial charge in [0.1, 0.15) is 5.78 Å². The summed E-state index contributed by atoms with van der Waals surface area (Å²) in [5.41, 5.74) is 0. The molecule has 0 aromatic carbocycles. The van der Waals surface area contributed by atoms with Gasteiger partial charge in [0.25, 0.3) is 0 Å². The zero-order chi connectivity index (χ0) is 8.20. The highest BCUT2D eigenvalue weighted by Crippen LogP contribution is 2.25.